The van der Waals surface area contributed by atoms with Gasteiger partial charge in [0, 0.05) is 38.0 Å². The van der Waals surface area contributed by atoms with Gasteiger partial charge in [0.15, 0.2) is 0 Å². The predicted octanol–water partition coefficient (Wildman–Crippen LogP) is 2.70. The van der Waals surface area contributed by atoms with Crippen molar-refractivity contribution in [1.82, 2.24) is 14.9 Å². The molecule has 2 heterocycles. The lowest BCUT2D eigenvalue weighted by Gasteiger charge is -2.27. The number of methoxy groups -OCH3 is 2. The van der Waals surface area contributed by atoms with E-state index in [9.17, 15) is 18.0 Å². The van der Waals surface area contributed by atoms with Crippen molar-refractivity contribution in [3.8, 4) is 11.5 Å². The van der Waals surface area contributed by atoms with Crippen LogP contribution in [0.25, 0.3) is 0 Å². The van der Waals surface area contributed by atoms with Crippen molar-refractivity contribution in [2.45, 2.75) is 12.6 Å². The molecule has 0 aliphatic carbocycles. The highest BCUT2D eigenvalue weighted by molar-refractivity contribution is 5.81. The van der Waals surface area contributed by atoms with E-state index < -0.39 is 11.7 Å². The van der Waals surface area contributed by atoms with Crippen molar-refractivity contribution in [2.75, 3.05) is 58.2 Å². The maximum Gasteiger partial charge on any atom is 0.421 e. The summed E-state index contributed by atoms with van der Waals surface area (Å²) in [4.78, 5) is 22.0. The molecule has 0 atom stereocenters. The average Bonchev–Trinajstić information content (AvgIpc) is 2.79. The number of benzene rings is 1. The van der Waals surface area contributed by atoms with Gasteiger partial charge in [0.05, 0.1) is 39.5 Å². The molecule has 2 N–H and O–H groups in total. The number of amides is 1. The van der Waals surface area contributed by atoms with Gasteiger partial charge in [0.25, 0.3) is 0 Å². The van der Waals surface area contributed by atoms with E-state index >= 15 is 0 Å². The summed E-state index contributed by atoms with van der Waals surface area (Å²) < 4.78 is 55.3. The molecule has 0 spiro atoms. The lowest BCUT2D eigenvalue weighted by molar-refractivity contribution is -0.137. The normalized spacial score (nSPS) is 14.1. The van der Waals surface area contributed by atoms with E-state index in [-0.39, 0.29) is 24.1 Å². The van der Waals surface area contributed by atoms with E-state index in [0.717, 1.165) is 0 Å². The molecule has 1 aliphatic heterocycles. The summed E-state index contributed by atoms with van der Waals surface area (Å²) in [6.07, 6.45) is -3.80. The molecule has 0 saturated carbocycles. The number of hydrogen-bond acceptors (Lipinski definition) is 8. The molecule has 12 heteroatoms. The topological polar surface area (TPSA) is 97.8 Å². The minimum absolute atomic E-state index is 0.0696. The predicted molar refractivity (Wildman–Crippen MR) is 111 cm³/mol. The number of alkyl halides is 3. The van der Waals surface area contributed by atoms with Crippen molar-refractivity contribution in [3.63, 3.8) is 0 Å². The summed E-state index contributed by atoms with van der Waals surface area (Å²) in [6, 6.07) is 3.23. The van der Waals surface area contributed by atoms with Gasteiger partial charge >= 0.3 is 6.18 Å². The van der Waals surface area contributed by atoms with Crippen LogP contribution in [-0.4, -0.2) is 68.3 Å². The number of anilines is 3. The van der Waals surface area contributed by atoms with Crippen LogP contribution in [-0.2, 0) is 22.1 Å². The van der Waals surface area contributed by atoms with Crippen LogP contribution < -0.4 is 20.1 Å². The van der Waals surface area contributed by atoms with Gasteiger partial charge in [-0.15, -0.1) is 0 Å². The van der Waals surface area contributed by atoms with E-state index in [1.165, 1.54) is 21.3 Å². The summed E-state index contributed by atoms with van der Waals surface area (Å²) in [5, 5.41) is 5.27. The Bertz CT molecular complexity index is 965. The van der Waals surface area contributed by atoms with E-state index in [0.29, 0.717) is 55.2 Å². The molecule has 1 fully saturated rings. The van der Waals surface area contributed by atoms with E-state index in [1.54, 1.807) is 17.0 Å². The maximum absolute atomic E-state index is 13.1. The number of hydrogen-bond donors (Lipinski definition) is 2. The molecule has 1 amide bonds. The van der Waals surface area contributed by atoms with Crippen LogP contribution in [0.4, 0.5) is 30.6 Å². The second-order valence-corrected chi connectivity index (χ2v) is 6.86. The van der Waals surface area contributed by atoms with Crippen LogP contribution in [0.5, 0.6) is 11.5 Å². The molecule has 174 valence electrons. The number of morpholine rings is 1. The third-order valence-electron chi connectivity index (χ3n) is 4.89. The minimum Gasteiger partial charge on any atom is -0.496 e. The van der Waals surface area contributed by atoms with Gasteiger partial charge in [-0.25, -0.2) is 4.98 Å². The first-order valence-electron chi connectivity index (χ1n) is 9.76. The number of ether oxygens (including phenoxy) is 3. The van der Waals surface area contributed by atoms with Crippen molar-refractivity contribution in [1.29, 1.82) is 0 Å². The highest BCUT2D eigenvalue weighted by Gasteiger charge is 2.35. The summed E-state index contributed by atoms with van der Waals surface area (Å²) in [7, 11) is 4.24. The van der Waals surface area contributed by atoms with Gasteiger partial charge < -0.3 is 29.7 Å². The summed E-state index contributed by atoms with van der Waals surface area (Å²) in [5.41, 5.74) is -0.00329. The minimum atomic E-state index is -4.59. The molecule has 1 saturated heterocycles. The van der Waals surface area contributed by atoms with Gasteiger partial charge in [-0.1, -0.05) is 0 Å². The zero-order chi connectivity index (χ0) is 23.3. The number of carbonyl (C=O) groups excluding carboxylic acids is 1. The summed E-state index contributed by atoms with van der Waals surface area (Å²) in [5.74, 6) is 0.258. The van der Waals surface area contributed by atoms with Gasteiger partial charge in [0.1, 0.15) is 22.9 Å². The van der Waals surface area contributed by atoms with Crippen molar-refractivity contribution < 1.29 is 32.2 Å². The number of carbonyl (C=O) groups is 1. The molecule has 32 heavy (non-hydrogen) atoms. The number of rotatable bonds is 7. The average molecular weight is 455 g/mol. The quantitative estimate of drug-likeness (QED) is 0.658. The molecular formula is C20H24F3N5O4. The molecule has 1 aromatic carbocycles. The third kappa shape index (κ3) is 5.31. The lowest BCUT2D eigenvalue weighted by atomic mass is 10.1. The number of halogens is 3. The first kappa shape index (κ1) is 23.4. The molecule has 0 unspecified atom stereocenters. The Morgan fingerprint density at radius 1 is 1.19 bits per heavy atom. The van der Waals surface area contributed by atoms with E-state index in [4.69, 9.17) is 14.2 Å². The van der Waals surface area contributed by atoms with Crippen molar-refractivity contribution in [2.24, 2.45) is 0 Å². The summed E-state index contributed by atoms with van der Waals surface area (Å²) in [6.45, 7) is 2.04. The molecule has 9 nitrogen and oxygen atoms in total. The van der Waals surface area contributed by atoms with Crippen LogP contribution in [0, 0.1) is 0 Å². The monoisotopic (exact) mass is 455 g/mol. The standard InChI is InChI=1S/C20H24F3N5O4/c1-24-18-13(20(21,22)23)11-25-19(27-18)26-14-10-15(30-2)12(8-16(14)31-3)9-17(29)28-4-6-32-7-5-28/h8,10-11H,4-7,9H2,1-3H3,(H2,24,25,26,27). The zero-order valence-corrected chi connectivity index (χ0v) is 17.9. The van der Waals surface area contributed by atoms with Crippen LogP contribution in [0.3, 0.4) is 0 Å². The van der Waals surface area contributed by atoms with Crippen molar-refractivity contribution >= 4 is 23.4 Å². The van der Waals surface area contributed by atoms with Gasteiger partial charge in [0.2, 0.25) is 11.9 Å². The Morgan fingerprint density at radius 2 is 1.88 bits per heavy atom. The molecule has 0 bridgehead atoms. The molecular weight excluding hydrogens is 431 g/mol. The van der Waals surface area contributed by atoms with E-state index in [2.05, 4.69) is 20.6 Å². The largest absolute Gasteiger partial charge is 0.496 e. The van der Waals surface area contributed by atoms with Gasteiger partial charge in [-0.2, -0.15) is 18.2 Å². The Kier molecular flexibility index (Phi) is 7.23. The molecule has 0 radical (unpaired) electrons. The fraction of sp³-hybridized carbons (Fsp3) is 0.450. The van der Waals surface area contributed by atoms with Gasteiger partial charge in [-0.05, 0) is 6.07 Å². The second-order valence-electron chi connectivity index (χ2n) is 6.86. The fourth-order valence-corrected chi connectivity index (χ4v) is 3.24. The van der Waals surface area contributed by atoms with Crippen LogP contribution >= 0.6 is 0 Å². The van der Waals surface area contributed by atoms with Crippen molar-refractivity contribution in [3.05, 3.63) is 29.5 Å². The SMILES string of the molecule is CNc1nc(Nc2cc(OC)c(CC(=O)N3CCOCC3)cc2OC)ncc1C(F)(F)F. The van der Waals surface area contributed by atoms with Crippen LogP contribution in [0.15, 0.2) is 18.3 Å². The third-order valence-corrected chi connectivity index (χ3v) is 4.89. The zero-order valence-electron chi connectivity index (χ0n) is 17.9. The Morgan fingerprint density at radius 3 is 2.47 bits per heavy atom. The summed E-state index contributed by atoms with van der Waals surface area (Å²) >= 11 is 0. The number of aromatic nitrogens is 2. The Hall–Kier alpha value is -3.28. The first-order valence-corrected chi connectivity index (χ1v) is 9.76. The molecule has 1 aromatic heterocycles. The van der Waals surface area contributed by atoms with Crippen LogP contribution in [0.1, 0.15) is 11.1 Å². The molecule has 2 aromatic rings. The maximum atomic E-state index is 13.1. The van der Waals surface area contributed by atoms with Gasteiger partial charge in [-0.3, -0.25) is 4.79 Å². The molecule has 3 rings (SSSR count). The van der Waals surface area contributed by atoms with E-state index in [1.807, 2.05) is 0 Å². The molecule has 1 aliphatic rings. The highest BCUT2D eigenvalue weighted by atomic mass is 19.4. The Balaban J connectivity index is 1.87. The Labute approximate surface area is 182 Å². The fourth-order valence-electron chi connectivity index (χ4n) is 3.24. The smallest absolute Gasteiger partial charge is 0.421 e. The lowest BCUT2D eigenvalue weighted by Crippen LogP contribution is -2.41. The number of nitrogens with zero attached hydrogens (tertiary/aromatic N) is 3. The second kappa shape index (κ2) is 9.90. The highest BCUT2D eigenvalue weighted by Crippen LogP contribution is 2.37. The number of nitrogens with one attached hydrogen (secondary N) is 2. The van der Waals surface area contributed by atoms with Crippen LogP contribution in [0.2, 0.25) is 0 Å². The first-order chi connectivity index (χ1) is 15.3.